The van der Waals surface area contributed by atoms with Gasteiger partial charge in [-0.2, -0.15) is 0 Å². The van der Waals surface area contributed by atoms with Crippen LogP contribution in [0.15, 0.2) is 30.6 Å². The Morgan fingerprint density at radius 2 is 2.06 bits per heavy atom. The predicted octanol–water partition coefficient (Wildman–Crippen LogP) is 3.63. The summed E-state index contributed by atoms with van der Waals surface area (Å²) in [6.45, 7) is 4.10. The third-order valence-electron chi connectivity index (χ3n) is 2.46. The average molecular weight is 264 g/mol. The molecule has 1 aromatic carbocycles. The number of hydrogen-bond donors (Lipinski definition) is 1. The molecule has 0 saturated carbocycles. The number of hydrogen-bond acceptors (Lipinski definition) is 4. The molecule has 0 amide bonds. The Balaban J connectivity index is 2.31. The fourth-order valence-corrected chi connectivity index (χ4v) is 1.68. The lowest BCUT2D eigenvalue weighted by Gasteiger charge is -2.10. The van der Waals surface area contributed by atoms with Crippen LogP contribution >= 0.6 is 11.6 Å². The second-order valence-electron chi connectivity index (χ2n) is 4.20. The van der Waals surface area contributed by atoms with E-state index in [0.29, 0.717) is 28.3 Å². The Kier molecular flexibility index (Phi) is 3.67. The zero-order valence-electron chi connectivity index (χ0n) is 10.2. The van der Waals surface area contributed by atoms with E-state index in [1.807, 2.05) is 0 Å². The minimum atomic E-state index is 0.305. The summed E-state index contributed by atoms with van der Waals surface area (Å²) < 4.78 is 5.62. The highest BCUT2D eigenvalue weighted by atomic mass is 35.5. The molecular formula is C13H14ClN3O. The number of rotatable bonds is 3. The van der Waals surface area contributed by atoms with Gasteiger partial charge >= 0.3 is 0 Å². The average Bonchev–Trinajstić information content (AvgIpc) is 2.34. The molecule has 0 spiro atoms. The maximum absolute atomic E-state index is 6.03. The van der Waals surface area contributed by atoms with Crippen LogP contribution in [0, 0.1) is 0 Å². The van der Waals surface area contributed by atoms with Crippen molar-refractivity contribution in [3.05, 3.63) is 41.3 Å². The van der Waals surface area contributed by atoms with Gasteiger partial charge in [0.15, 0.2) is 5.75 Å². The lowest BCUT2D eigenvalue weighted by molar-refractivity contribution is 0.462. The van der Waals surface area contributed by atoms with Crippen molar-refractivity contribution in [1.29, 1.82) is 0 Å². The number of nitrogen functional groups attached to an aromatic ring is 1. The fourth-order valence-electron chi connectivity index (χ4n) is 1.46. The molecule has 2 rings (SSSR count). The molecule has 0 atom stereocenters. The Morgan fingerprint density at radius 1 is 1.28 bits per heavy atom. The summed E-state index contributed by atoms with van der Waals surface area (Å²) in [7, 11) is 0. The maximum atomic E-state index is 6.03. The van der Waals surface area contributed by atoms with Crippen LogP contribution in [0.5, 0.6) is 11.6 Å². The van der Waals surface area contributed by atoms with E-state index >= 15 is 0 Å². The van der Waals surface area contributed by atoms with Crippen LogP contribution in [0.1, 0.15) is 25.5 Å². The molecule has 94 valence electrons. The van der Waals surface area contributed by atoms with Crippen molar-refractivity contribution in [3.63, 3.8) is 0 Å². The van der Waals surface area contributed by atoms with Gasteiger partial charge in [-0.1, -0.05) is 31.5 Å². The van der Waals surface area contributed by atoms with Gasteiger partial charge < -0.3 is 10.5 Å². The first-order valence-corrected chi connectivity index (χ1v) is 5.99. The first-order valence-electron chi connectivity index (χ1n) is 5.61. The Bertz CT molecular complexity index is 537. The van der Waals surface area contributed by atoms with Gasteiger partial charge in [-0.05, 0) is 18.1 Å². The summed E-state index contributed by atoms with van der Waals surface area (Å²) >= 11 is 6.03. The molecule has 2 aromatic rings. The molecule has 0 aliphatic carbocycles. The minimum Gasteiger partial charge on any atom is -0.435 e. The number of aromatic nitrogens is 2. The normalized spacial score (nSPS) is 10.7. The molecule has 1 heterocycles. The van der Waals surface area contributed by atoms with Gasteiger partial charge in [0.25, 0.3) is 0 Å². The van der Waals surface area contributed by atoms with Crippen LogP contribution in [-0.2, 0) is 0 Å². The standard InChI is InChI=1S/C13H14ClN3O/c1-8(2)11-6-12(17-7-16-11)18-13-9(14)4-3-5-10(13)15/h3-8H,15H2,1-2H3. The van der Waals surface area contributed by atoms with E-state index in [9.17, 15) is 0 Å². The Labute approximate surface area is 111 Å². The van der Waals surface area contributed by atoms with E-state index < -0.39 is 0 Å². The van der Waals surface area contributed by atoms with Crippen molar-refractivity contribution < 1.29 is 4.74 Å². The van der Waals surface area contributed by atoms with Gasteiger partial charge in [0.2, 0.25) is 5.88 Å². The summed E-state index contributed by atoms with van der Waals surface area (Å²) in [5.41, 5.74) is 7.20. The topological polar surface area (TPSA) is 61.0 Å². The van der Waals surface area contributed by atoms with E-state index in [4.69, 9.17) is 22.1 Å². The number of halogens is 1. The highest BCUT2D eigenvalue weighted by Crippen LogP contribution is 2.34. The van der Waals surface area contributed by atoms with E-state index in [1.165, 1.54) is 6.33 Å². The van der Waals surface area contributed by atoms with Gasteiger partial charge in [0.1, 0.15) is 6.33 Å². The monoisotopic (exact) mass is 263 g/mol. The van der Waals surface area contributed by atoms with Crippen molar-refractivity contribution in [2.75, 3.05) is 5.73 Å². The Morgan fingerprint density at radius 3 is 2.72 bits per heavy atom. The van der Waals surface area contributed by atoms with E-state index in [2.05, 4.69) is 23.8 Å². The SMILES string of the molecule is CC(C)c1cc(Oc2c(N)cccc2Cl)ncn1. The molecule has 2 N–H and O–H groups in total. The fraction of sp³-hybridized carbons (Fsp3) is 0.231. The van der Waals surface area contributed by atoms with E-state index in [0.717, 1.165) is 5.69 Å². The van der Waals surface area contributed by atoms with Crippen molar-refractivity contribution in [1.82, 2.24) is 9.97 Å². The number of anilines is 1. The molecule has 4 nitrogen and oxygen atoms in total. The maximum Gasteiger partial charge on any atom is 0.222 e. The predicted molar refractivity (Wildman–Crippen MR) is 72.1 cm³/mol. The number of benzene rings is 1. The van der Waals surface area contributed by atoms with Gasteiger partial charge in [-0.15, -0.1) is 0 Å². The van der Waals surface area contributed by atoms with Crippen LogP contribution in [0.25, 0.3) is 0 Å². The minimum absolute atomic E-state index is 0.305. The smallest absolute Gasteiger partial charge is 0.222 e. The molecular weight excluding hydrogens is 250 g/mol. The summed E-state index contributed by atoms with van der Waals surface area (Å²) in [4.78, 5) is 8.22. The van der Waals surface area contributed by atoms with Crippen molar-refractivity contribution in [3.8, 4) is 11.6 Å². The molecule has 0 saturated heterocycles. The quantitative estimate of drug-likeness (QED) is 0.859. The molecule has 0 fully saturated rings. The molecule has 1 aromatic heterocycles. The zero-order valence-corrected chi connectivity index (χ0v) is 11.0. The van der Waals surface area contributed by atoms with Crippen LogP contribution in [0.4, 0.5) is 5.69 Å². The first kappa shape index (κ1) is 12.6. The van der Waals surface area contributed by atoms with Crippen molar-refractivity contribution in [2.24, 2.45) is 0 Å². The summed E-state index contributed by atoms with van der Waals surface area (Å²) in [6, 6.07) is 7.00. The number of nitrogens with zero attached hydrogens (tertiary/aromatic N) is 2. The number of ether oxygens (including phenoxy) is 1. The molecule has 18 heavy (non-hydrogen) atoms. The molecule has 0 bridgehead atoms. The highest BCUT2D eigenvalue weighted by molar-refractivity contribution is 6.32. The second-order valence-corrected chi connectivity index (χ2v) is 4.60. The zero-order chi connectivity index (χ0) is 13.1. The van der Waals surface area contributed by atoms with E-state index in [1.54, 1.807) is 24.3 Å². The third-order valence-corrected chi connectivity index (χ3v) is 2.76. The number of nitrogens with two attached hydrogens (primary N) is 1. The molecule has 0 aliphatic rings. The summed E-state index contributed by atoms with van der Waals surface area (Å²) in [5.74, 6) is 1.17. The van der Waals surface area contributed by atoms with Crippen molar-refractivity contribution >= 4 is 17.3 Å². The lowest BCUT2D eigenvalue weighted by atomic mass is 10.1. The van der Waals surface area contributed by atoms with Crippen LogP contribution < -0.4 is 10.5 Å². The van der Waals surface area contributed by atoms with Gasteiger partial charge in [-0.3, -0.25) is 0 Å². The van der Waals surface area contributed by atoms with Gasteiger partial charge in [0.05, 0.1) is 16.4 Å². The third kappa shape index (κ3) is 2.71. The van der Waals surface area contributed by atoms with E-state index in [-0.39, 0.29) is 0 Å². The number of para-hydroxylation sites is 1. The van der Waals surface area contributed by atoms with Crippen molar-refractivity contribution in [2.45, 2.75) is 19.8 Å². The Hall–Kier alpha value is -1.81. The highest BCUT2D eigenvalue weighted by Gasteiger charge is 2.09. The van der Waals surface area contributed by atoms with Gasteiger partial charge in [-0.25, -0.2) is 9.97 Å². The molecule has 5 heteroatoms. The summed E-state index contributed by atoms with van der Waals surface area (Å²) in [5, 5.41) is 0.458. The van der Waals surface area contributed by atoms with Crippen LogP contribution in [0.2, 0.25) is 5.02 Å². The van der Waals surface area contributed by atoms with Crippen LogP contribution in [0.3, 0.4) is 0 Å². The summed E-state index contributed by atoms with van der Waals surface area (Å²) in [6.07, 6.45) is 1.47. The van der Waals surface area contributed by atoms with Gasteiger partial charge in [0, 0.05) is 6.07 Å². The molecule has 0 radical (unpaired) electrons. The lowest BCUT2D eigenvalue weighted by Crippen LogP contribution is -1.98. The second kappa shape index (κ2) is 5.23. The largest absolute Gasteiger partial charge is 0.435 e. The first-order chi connectivity index (χ1) is 8.58. The molecule has 0 unspecified atom stereocenters. The molecule has 0 aliphatic heterocycles. The van der Waals surface area contributed by atoms with Crippen LogP contribution in [-0.4, -0.2) is 9.97 Å².